The molecule has 0 heterocycles. The Kier molecular flexibility index (Phi) is 5.17. The Morgan fingerprint density at radius 3 is 2.37 bits per heavy atom. The van der Waals surface area contributed by atoms with E-state index in [0.717, 1.165) is 4.90 Å². The van der Waals surface area contributed by atoms with Gasteiger partial charge in [0.1, 0.15) is 11.8 Å². The van der Waals surface area contributed by atoms with Crippen molar-refractivity contribution in [3.63, 3.8) is 0 Å². The minimum atomic E-state index is -1.11. The molecule has 1 amide bonds. The summed E-state index contributed by atoms with van der Waals surface area (Å²) in [6.07, 6.45) is -0.529. The first-order valence-corrected chi connectivity index (χ1v) is 5.86. The molecule has 6 heteroatoms. The van der Waals surface area contributed by atoms with Crippen LogP contribution in [0.4, 0.5) is 4.79 Å². The van der Waals surface area contributed by atoms with Gasteiger partial charge < -0.3 is 14.9 Å². The number of carbonyl (C=O) groups excluding carboxylic acids is 1. The highest BCUT2D eigenvalue weighted by atomic mass is 16.6. The van der Waals surface area contributed by atoms with Crippen molar-refractivity contribution in [1.29, 1.82) is 0 Å². The van der Waals surface area contributed by atoms with E-state index in [-0.39, 0.29) is 18.8 Å². The third-order valence-corrected chi connectivity index (χ3v) is 2.67. The molecule has 0 aromatic heterocycles. The van der Waals surface area contributed by atoms with Crippen LogP contribution in [0, 0.1) is 0 Å². The Bertz CT molecular complexity index is 443. The van der Waals surface area contributed by atoms with Gasteiger partial charge in [0.2, 0.25) is 0 Å². The second kappa shape index (κ2) is 6.63. The molecule has 0 aliphatic rings. The topological polar surface area (TPSA) is 87.1 Å². The standard InChI is InChI=1S/C13H17NO5/c1-3-19-13(18)14(2)11(12(16)17)8-9-4-6-10(15)7-5-9/h4-7,11,15H,3,8H2,1-2H3,(H,16,17). The zero-order valence-corrected chi connectivity index (χ0v) is 10.9. The van der Waals surface area contributed by atoms with E-state index in [1.807, 2.05) is 0 Å². The van der Waals surface area contributed by atoms with E-state index in [9.17, 15) is 14.7 Å². The van der Waals surface area contributed by atoms with E-state index in [4.69, 9.17) is 9.84 Å². The number of aliphatic carboxylic acids is 1. The summed E-state index contributed by atoms with van der Waals surface area (Å²) < 4.78 is 4.78. The minimum Gasteiger partial charge on any atom is -0.508 e. The van der Waals surface area contributed by atoms with E-state index in [2.05, 4.69) is 0 Å². The van der Waals surface area contributed by atoms with Gasteiger partial charge in [-0.3, -0.25) is 4.90 Å². The number of phenolic OH excluding ortho intramolecular Hbond substituents is 1. The summed E-state index contributed by atoms with van der Waals surface area (Å²) in [5, 5.41) is 18.3. The van der Waals surface area contributed by atoms with Gasteiger partial charge in [0, 0.05) is 13.5 Å². The molecule has 0 spiro atoms. The van der Waals surface area contributed by atoms with Crippen molar-refractivity contribution < 1.29 is 24.5 Å². The monoisotopic (exact) mass is 267 g/mol. The predicted molar refractivity (Wildman–Crippen MR) is 68.0 cm³/mol. The fraction of sp³-hybridized carbons (Fsp3) is 0.385. The number of hydrogen-bond acceptors (Lipinski definition) is 4. The highest BCUT2D eigenvalue weighted by molar-refractivity contribution is 5.80. The quantitative estimate of drug-likeness (QED) is 0.843. The van der Waals surface area contributed by atoms with Crippen molar-refractivity contribution in [2.45, 2.75) is 19.4 Å². The molecular weight excluding hydrogens is 250 g/mol. The molecule has 104 valence electrons. The van der Waals surface area contributed by atoms with Crippen LogP contribution in [-0.2, 0) is 16.0 Å². The molecule has 0 aliphatic carbocycles. The van der Waals surface area contributed by atoms with Gasteiger partial charge in [0.25, 0.3) is 0 Å². The fourth-order valence-corrected chi connectivity index (χ4v) is 1.60. The zero-order valence-electron chi connectivity index (χ0n) is 10.9. The third kappa shape index (κ3) is 4.17. The molecule has 0 saturated carbocycles. The number of phenols is 1. The van der Waals surface area contributed by atoms with Gasteiger partial charge in [0.05, 0.1) is 6.61 Å². The van der Waals surface area contributed by atoms with Crippen LogP contribution in [0.2, 0.25) is 0 Å². The summed E-state index contributed by atoms with van der Waals surface area (Å²) >= 11 is 0. The summed E-state index contributed by atoms with van der Waals surface area (Å²) in [5.74, 6) is -1.00. The van der Waals surface area contributed by atoms with Gasteiger partial charge in [-0.05, 0) is 24.6 Å². The molecule has 0 aliphatic heterocycles. The Morgan fingerprint density at radius 2 is 1.89 bits per heavy atom. The van der Waals surface area contributed by atoms with E-state index < -0.39 is 18.1 Å². The smallest absolute Gasteiger partial charge is 0.410 e. The zero-order chi connectivity index (χ0) is 14.4. The van der Waals surface area contributed by atoms with Crippen LogP contribution in [0.15, 0.2) is 24.3 Å². The van der Waals surface area contributed by atoms with Crippen molar-refractivity contribution in [1.82, 2.24) is 4.90 Å². The molecule has 1 unspecified atom stereocenters. The van der Waals surface area contributed by atoms with Gasteiger partial charge in [0.15, 0.2) is 0 Å². The van der Waals surface area contributed by atoms with E-state index in [1.54, 1.807) is 19.1 Å². The molecular formula is C13H17NO5. The maximum absolute atomic E-state index is 11.5. The highest BCUT2D eigenvalue weighted by Crippen LogP contribution is 2.14. The number of benzene rings is 1. The van der Waals surface area contributed by atoms with Crippen LogP contribution in [0.1, 0.15) is 12.5 Å². The van der Waals surface area contributed by atoms with Crippen LogP contribution in [0.3, 0.4) is 0 Å². The first-order valence-electron chi connectivity index (χ1n) is 5.86. The summed E-state index contributed by atoms with van der Waals surface area (Å²) in [5.41, 5.74) is 0.710. The maximum Gasteiger partial charge on any atom is 0.410 e. The fourth-order valence-electron chi connectivity index (χ4n) is 1.60. The lowest BCUT2D eigenvalue weighted by atomic mass is 10.1. The second-order valence-corrected chi connectivity index (χ2v) is 4.03. The molecule has 0 radical (unpaired) electrons. The van der Waals surface area contributed by atoms with Crippen LogP contribution in [0.25, 0.3) is 0 Å². The van der Waals surface area contributed by atoms with Crippen LogP contribution in [-0.4, -0.2) is 46.9 Å². The Morgan fingerprint density at radius 1 is 1.32 bits per heavy atom. The van der Waals surface area contributed by atoms with Crippen molar-refractivity contribution in [3.8, 4) is 5.75 Å². The van der Waals surface area contributed by atoms with Crippen LogP contribution < -0.4 is 0 Å². The lowest BCUT2D eigenvalue weighted by Crippen LogP contribution is -2.44. The number of carboxylic acid groups (broad SMARTS) is 1. The first-order chi connectivity index (χ1) is 8.95. The Hall–Kier alpha value is -2.24. The number of ether oxygens (including phenoxy) is 1. The molecule has 1 atom stereocenters. The normalized spacial score (nSPS) is 11.7. The van der Waals surface area contributed by atoms with Gasteiger partial charge >= 0.3 is 12.1 Å². The number of amides is 1. The van der Waals surface area contributed by atoms with Crippen molar-refractivity contribution in [3.05, 3.63) is 29.8 Å². The number of rotatable bonds is 5. The molecule has 2 N–H and O–H groups in total. The third-order valence-electron chi connectivity index (χ3n) is 2.67. The molecule has 1 aromatic rings. The second-order valence-electron chi connectivity index (χ2n) is 4.03. The van der Waals surface area contributed by atoms with Gasteiger partial charge in [-0.25, -0.2) is 9.59 Å². The number of likely N-dealkylation sites (N-methyl/N-ethyl adjacent to an activating group) is 1. The Labute approximate surface area is 111 Å². The van der Waals surface area contributed by atoms with Gasteiger partial charge in [-0.15, -0.1) is 0 Å². The molecule has 0 saturated heterocycles. The molecule has 19 heavy (non-hydrogen) atoms. The lowest BCUT2D eigenvalue weighted by molar-refractivity contribution is -0.142. The number of nitrogens with zero attached hydrogens (tertiary/aromatic N) is 1. The molecule has 0 fully saturated rings. The number of carbonyl (C=O) groups is 2. The van der Waals surface area contributed by atoms with Crippen molar-refractivity contribution in [2.75, 3.05) is 13.7 Å². The maximum atomic E-state index is 11.5. The van der Waals surface area contributed by atoms with Crippen molar-refractivity contribution >= 4 is 12.1 Å². The van der Waals surface area contributed by atoms with E-state index in [0.29, 0.717) is 5.56 Å². The van der Waals surface area contributed by atoms with Gasteiger partial charge in [-0.2, -0.15) is 0 Å². The number of hydrogen-bond donors (Lipinski definition) is 2. The van der Waals surface area contributed by atoms with E-state index >= 15 is 0 Å². The largest absolute Gasteiger partial charge is 0.508 e. The molecule has 1 rings (SSSR count). The number of carboxylic acids is 1. The summed E-state index contributed by atoms with van der Waals surface area (Å²) in [6.45, 7) is 1.84. The lowest BCUT2D eigenvalue weighted by Gasteiger charge is -2.24. The van der Waals surface area contributed by atoms with Crippen molar-refractivity contribution in [2.24, 2.45) is 0 Å². The van der Waals surface area contributed by atoms with Crippen LogP contribution in [0.5, 0.6) is 5.75 Å². The predicted octanol–water partition coefficient (Wildman–Crippen LogP) is 1.48. The average molecular weight is 267 g/mol. The number of aromatic hydroxyl groups is 1. The van der Waals surface area contributed by atoms with Crippen LogP contribution >= 0.6 is 0 Å². The average Bonchev–Trinajstić information content (AvgIpc) is 2.37. The summed E-state index contributed by atoms with van der Waals surface area (Å²) in [7, 11) is 1.39. The first kappa shape index (κ1) is 14.8. The summed E-state index contributed by atoms with van der Waals surface area (Å²) in [6, 6.07) is 5.16. The van der Waals surface area contributed by atoms with Gasteiger partial charge in [-0.1, -0.05) is 12.1 Å². The van der Waals surface area contributed by atoms with E-state index in [1.165, 1.54) is 19.2 Å². The summed E-state index contributed by atoms with van der Waals surface area (Å²) in [4.78, 5) is 23.8. The SMILES string of the molecule is CCOC(=O)N(C)C(Cc1ccc(O)cc1)C(=O)O. The molecule has 6 nitrogen and oxygen atoms in total. The Balaban J connectivity index is 2.80. The molecule has 1 aromatic carbocycles. The minimum absolute atomic E-state index is 0.106. The highest BCUT2D eigenvalue weighted by Gasteiger charge is 2.27. The molecule has 0 bridgehead atoms.